The lowest BCUT2D eigenvalue weighted by molar-refractivity contribution is -0.124. The maximum atomic E-state index is 11.3. The third-order valence-electron chi connectivity index (χ3n) is 3.99. The molecule has 1 aliphatic rings. The predicted molar refractivity (Wildman–Crippen MR) is 60.2 cm³/mol. The van der Waals surface area contributed by atoms with Crippen molar-refractivity contribution in [1.29, 1.82) is 0 Å². The van der Waals surface area contributed by atoms with Crippen molar-refractivity contribution in [3.63, 3.8) is 0 Å². The topological polar surface area (TPSA) is 17.1 Å². The zero-order valence-corrected chi connectivity index (χ0v) is 10.1. The summed E-state index contributed by atoms with van der Waals surface area (Å²) >= 11 is 0. The smallest absolute Gasteiger partial charge is 0.133 e. The lowest BCUT2D eigenvalue weighted by atomic mass is 9.65. The van der Waals surface area contributed by atoms with Crippen molar-refractivity contribution in [3.05, 3.63) is 0 Å². The fourth-order valence-corrected chi connectivity index (χ4v) is 2.35. The lowest BCUT2D eigenvalue weighted by Crippen LogP contribution is -2.33. The molecule has 0 heterocycles. The Bertz CT molecular complexity index is 207. The van der Waals surface area contributed by atoms with Gasteiger partial charge in [-0.15, -0.1) is 0 Å². The van der Waals surface area contributed by atoms with Crippen LogP contribution in [-0.4, -0.2) is 5.78 Å². The standard InChI is InChI=1S/C13H24O/c1-10(2)5-7-13(4)8-6-12(14)9-11(13)3/h10-11H,5-9H2,1-4H3. The van der Waals surface area contributed by atoms with Crippen molar-refractivity contribution < 1.29 is 4.79 Å². The van der Waals surface area contributed by atoms with Crippen LogP contribution in [0, 0.1) is 17.3 Å². The highest BCUT2D eigenvalue weighted by Crippen LogP contribution is 2.43. The van der Waals surface area contributed by atoms with Crippen molar-refractivity contribution in [3.8, 4) is 0 Å². The van der Waals surface area contributed by atoms with E-state index in [2.05, 4.69) is 27.7 Å². The first-order valence-corrected chi connectivity index (χ1v) is 5.96. The van der Waals surface area contributed by atoms with Gasteiger partial charge in [0.05, 0.1) is 0 Å². The summed E-state index contributed by atoms with van der Waals surface area (Å²) in [5, 5.41) is 0. The number of rotatable bonds is 3. The second kappa shape index (κ2) is 4.46. The largest absolute Gasteiger partial charge is 0.300 e. The molecule has 0 bridgehead atoms. The summed E-state index contributed by atoms with van der Waals surface area (Å²) < 4.78 is 0. The molecule has 1 heteroatoms. The van der Waals surface area contributed by atoms with Crippen molar-refractivity contribution in [2.45, 2.75) is 59.8 Å². The summed E-state index contributed by atoms with van der Waals surface area (Å²) in [7, 11) is 0. The number of carbonyl (C=O) groups excluding carboxylic acids is 1. The quantitative estimate of drug-likeness (QED) is 0.670. The van der Waals surface area contributed by atoms with Gasteiger partial charge in [0.1, 0.15) is 5.78 Å². The normalized spacial score (nSPS) is 33.8. The monoisotopic (exact) mass is 196 g/mol. The Labute approximate surface area is 88.3 Å². The van der Waals surface area contributed by atoms with Crippen LogP contribution in [0.1, 0.15) is 59.8 Å². The first-order valence-electron chi connectivity index (χ1n) is 5.96. The van der Waals surface area contributed by atoms with Crippen LogP contribution in [0.5, 0.6) is 0 Å². The average Bonchev–Trinajstić information content (AvgIpc) is 2.09. The fraction of sp³-hybridized carbons (Fsp3) is 0.923. The zero-order chi connectivity index (χ0) is 10.8. The highest BCUT2D eigenvalue weighted by Gasteiger charge is 2.36. The van der Waals surface area contributed by atoms with Gasteiger partial charge in [-0.1, -0.05) is 34.1 Å². The molecule has 82 valence electrons. The van der Waals surface area contributed by atoms with Crippen LogP contribution in [0.3, 0.4) is 0 Å². The third kappa shape index (κ3) is 2.83. The van der Waals surface area contributed by atoms with Gasteiger partial charge in [-0.05, 0) is 30.1 Å². The molecular weight excluding hydrogens is 172 g/mol. The van der Waals surface area contributed by atoms with E-state index < -0.39 is 0 Å². The van der Waals surface area contributed by atoms with E-state index in [4.69, 9.17) is 0 Å². The van der Waals surface area contributed by atoms with Crippen LogP contribution in [0.15, 0.2) is 0 Å². The Morgan fingerprint density at radius 3 is 2.64 bits per heavy atom. The lowest BCUT2D eigenvalue weighted by Gasteiger charge is -2.39. The van der Waals surface area contributed by atoms with Crippen molar-refractivity contribution in [2.75, 3.05) is 0 Å². The zero-order valence-electron chi connectivity index (χ0n) is 10.1. The first-order chi connectivity index (χ1) is 6.44. The second-order valence-corrected chi connectivity index (χ2v) is 5.73. The Hall–Kier alpha value is -0.330. The summed E-state index contributed by atoms with van der Waals surface area (Å²) in [5.74, 6) is 1.85. The summed E-state index contributed by atoms with van der Waals surface area (Å²) in [5.41, 5.74) is 0.429. The molecule has 0 aromatic heterocycles. The summed E-state index contributed by atoms with van der Waals surface area (Å²) in [4.78, 5) is 11.3. The van der Waals surface area contributed by atoms with Gasteiger partial charge in [0.15, 0.2) is 0 Å². The highest BCUT2D eigenvalue weighted by molar-refractivity contribution is 5.79. The van der Waals surface area contributed by atoms with E-state index in [0.717, 1.165) is 25.2 Å². The van der Waals surface area contributed by atoms with Crippen molar-refractivity contribution in [2.24, 2.45) is 17.3 Å². The number of hydrogen-bond acceptors (Lipinski definition) is 1. The maximum Gasteiger partial charge on any atom is 0.133 e. The highest BCUT2D eigenvalue weighted by atomic mass is 16.1. The molecule has 1 aliphatic carbocycles. The molecule has 0 amide bonds. The van der Waals surface area contributed by atoms with Gasteiger partial charge in [-0.25, -0.2) is 0 Å². The second-order valence-electron chi connectivity index (χ2n) is 5.73. The Morgan fingerprint density at radius 1 is 1.50 bits per heavy atom. The molecule has 1 nitrogen and oxygen atoms in total. The average molecular weight is 196 g/mol. The maximum absolute atomic E-state index is 11.3. The number of hydrogen-bond donors (Lipinski definition) is 0. The molecule has 2 unspecified atom stereocenters. The molecule has 0 spiro atoms. The van der Waals surface area contributed by atoms with Crippen LogP contribution < -0.4 is 0 Å². The van der Waals surface area contributed by atoms with Crippen LogP contribution in [0.4, 0.5) is 0 Å². The molecule has 14 heavy (non-hydrogen) atoms. The Morgan fingerprint density at radius 2 is 2.14 bits per heavy atom. The van der Waals surface area contributed by atoms with E-state index >= 15 is 0 Å². The molecule has 0 aromatic carbocycles. The van der Waals surface area contributed by atoms with Crippen LogP contribution in [0.25, 0.3) is 0 Å². The Balaban J connectivity index is 2.50. The van der Waals surface area contributed by atoms with Gasteiger partial charge in [-0.2, -0.15) is 0 Å². The van der Waals surface area contributed by atoms with Crippen molar-refractivity contribution >= 4 is 5.78 Å². The molecule has 2 atom stereocenters. The fourth-order valence-electron chi connectivity index (χ4n) is 2.35. The van der Waals surface area contributed by atoms with Gasteiger partial charge in [-0.3, -0.25) is 4.79 Å². The van der Waals surface area contributed by atoms with E-state index in [1.165, 1.54) is 12.8 Å². The van der Waals surface area contributed by atoms with Crippen LogP contribution in [-0.2, 0) is 4.79 Å². The number of carbonyl (C=O) groups is 1. The summed E-state index contributed by atoms with van der Waals surface area (Å²) in [6.45, 7) is 9.17. The van der Waals surface area contributed by atoms with Gasteiger partial charge < -0.3 is 0 Å². The molecule has 0 N–H and O–H groups in total. The van der Waals surface area contributed by atoms with Crippen LogP contribution in [0.2, 0.25) is 0 Å². The van der Waals surface area contributed by atoms with E-state index in [1.807, 2.05) is 0 Å². The first kappa shape index (κ1) is 11.7. The minimum atomic E-state index is 0.429. The molecule has 1 rings (SSSR count). The predicted octanol–water partition coefficient (Wildman–Crippen LogP) is 3.82. The van der Waals surface area contributed by atoms with Gasteiger partial charge in [0.25, 0.3) is 0 Å². The molecule has 1 fully saturated rings. The minimum Gasteiger partial charge on any atom is -0.300 e. The van der Waals surface area contributed by atoms with E-state index in [0.29, 0.717) is 17.1 Å². The van der Waals surface area contributed by atoms with Gasteiger partial charge in [0, 0.05) is 12.8 Å². The molecule has 1 saturated carbocycles. The molecule has 0 aliphatic heterocycles. The van der Waals surface area contributed by atoms with E-state index in [9.17, 15) is 4.79 Å². The Kier molecular flexibility index (Phi) is 3.74. The van der Waals surface area contributed by atoms with Gasteiger partial charge >= 0.3 is 0 Å². The number of Topliss-reactive ketones (excluding diaryl/α,β-unsaturated/α-hetero) is 1. The molecule has 0 aromatic rings. The molecule has 0 radical (unpaired) electrons. The third-order valence-corrected chi connectivity index (χ3v) is 3.99. The van der Waals surface area contributed by atoms with E-state index in [-0.39, 0.29) is 0 Å². The minimum absolute atomic E-state index is 0.429. The number of ketones is 1. The van der Waals surface area contributed by atoms with Crippen molar-refractivity contribution in [1.82, 2.24) is 0 Å². The summed E-state index contributed by atoms with van der Waals surface area (Å²) in [6, 6.07) is 0. The molecular formula is C13H24O. The van der Waals surface area contributed by atoms with Crippen LogP contribution >= 0.6 is 0 Å². The molecule has 0 saturated heterocycles. The van der Waals surface area contributed by atoms with Gasteiger partial charge in [0.2, 0.25) is 0 Å². The SMILES string of the molecule is CC(C)CCC1(C)CCC(=O)CC1C. The van der Waals surface area contributed by atoms with E-state index in [1.54, 1.807) is 0 Å². The summed E-state index contributed by atoms with van der Waals surface area (Å²) in [6.07, 6.45) is 5.33.